The number of primary amides is 1. The van der Waals surface area contributed by atoms with E-state index < -0.39 is 11.9 Å². The molecule has 1 amide bonds. The van der Waals surface area contributed by atoms with Crippen LogP contribution in [0.3, 0.4) is 0 Å². The third kappa shape index (κ3) is 3.98. The number of hydrogen-bond acceptors (Lipinski definition) is 3. The second kappa shape index (κ2) is 5.69. The van der Waals surface area contributed by atoms with Gasteiger partial charge in [0.05, 0.1) is 6.54 Å². The maximum absolute atomic E-state index is 10.8. The number of benzene rings is 1. The average Bonchev–Trinajstić information content (AvgIpc) is 2.25. The minimum Gasteiger partial charge on any atom is -0.478 e. The lowest BCUT2D eigenvalue weighted by atomic mass is 10.1. The Balaban J connectivity index is 2.98. The zero-order valence-electron chi connectivity index (χ0n) is 9.46. The third-order valence-electron chi connectivity index (χ3n) is 2.15. The molecule has 0 spiro atoms. The van der Waals surface area contributed by atoms with Gasteiger partial charge in [-0.05, 0) is 17.7 Å². The summed E-state index contributed by atoms with van der Waals surface area (Å²) >= 11 is 0. The molecule has 0 aliphatic heterocycles. The Hall–Kier alpha value is -2.30. The van der Waals surface area contributed by atoms with Gasteiger partial charge >= 0.3 is 5.97 Å². The molecule has 0 radical (unpaired) electrons. The summed E-state index contributed by atoms with van der Waals surface area (Å²) in [7, 11) is 1.72. The Morgan fingerprint density at radius 2 is 2.06 bits per heavy atom. The number of nitrogens with zero attached hydrogens (tertiary/aromatic N) is 1. The minimum absolute atomic E-state index is 0.0813. The average molecular weight is 234 g/mol. The Kier molecular flexibility index (Phi) is 4.28. The molecule has 0 atom stereocenters. The van der Waals surface area contributed by atoms with Gasteiger partial charge in [-0.15, -0.1) is 0 Å². The van der Waals surface area contributed by atoms with E-state index in [1.165, 1.54) is 6.08 Å². The number of carbonyl (C=O) groups is 2. The van der Waals surface area contributed by atoms with Gasteiger partial charge in [-0.1, -0.05) is 18.2 Å². The number of aliphatic carboxylic acids is 1. The van der Waals surface area contributed by atoms with Crippen LogP contribution >= 0.6 is 0 Å². The number of carbonyl (C=O) groups excluding carboxylic acids is 1. The summed E-state index contributed by atoms with van der Waals surface area (Å²) in [6, 6.07) is 7.17. The number of hydrogen-bond donors (Lipinski definition) is 2. The summed E-state index contributed by atoms with van der Waals surface area (Å²) in [5.74, 6) is -1.46. The van der Waals surface area contributed by atoms with Crippen molar-refractivity contribution in [3.63, 3.8) is 0 Å². The van der Waals surface area contributed by atoms with Gasteiger partial charge in [-0.2, -0.15) is 0 Å². The molecule has 5 heteroatoms. The number of carboxylic acids is 1. The first-order chi connectivity index (χ1) is 8.00. The molecule has 3 N–H and O–H groups in total. The summed E-state index contributed by atoms with van der Waals surface area (Å²) in [6.45, 7) is 0.0813. The predicted molar refractivity (Wildman–Crippen MR) is 65.6 cm³/mol. The number of para-hydroxylation sites is 1. The van der Waals surface area contributed by atoms with E-state index in [1.807, 2.05) is 6.07 Å². The quantitative estimate of drug-likeness (QED) is 0.735. The standard InChI is InChI=1S/C12H14N2O3/c1-14(8-11(13)15)10-5-3-2-4-9(10)6-7-12(16)17/h2-7H,8H2,1H3,(H2,13,15)(H,16,17)/b7-6+. The summed E-state index contributed by atoms with van der Waals surface area (Å²) in [4.78, 5) is 23.0. The van der Waals surface area contributed by atoms with Gasteiger partial charge in [-0.3, -0.25) is 4.79 Å². The Labute approximate surface area is 99.1 Å². The van der Waals surface area contributed by atoms with Crippen molar-refractivity contribution in [1.29, 1.82) is 0 Å². The van der Waals surface area contributed by atoms with Gasteiger partial charge in [0.2, 0.25) is 5.91 Å². The number of rotatable bonds is 5. The largest absolute Gasteiger partial charge is 0.478 e. The Bertz CT molecular complexity index is 455. The maximum atomic E-state index is 10.8. The highest BCUT2D eigenvalue weighted by Crippen LogP contribution is 2.20. The molecular weight excluding hydrogens is 220 g/mol. The molecule has 17 heavy (non-hydrogen) atoms. The van der Waals surface area contributed by atoms with Crippen LogP contribution in [0.4, 0.5) is 5.69 Å². The van der Waals surface area contributed by atoms with Crippen LogP contribution in [0.2, 0.25) is 0 Å². The van der Waals surface area contributed by atoms with Gasteiger partial charge < -0.3 is 15.7 Å². The molecule has 0 unspecified atom stereocenters. The predicted octanol–water partition coefficient (Wildman–Crippen LogP) is 0.706. The van der Waals surface area contributed by atoms with E-state index in [9.17, 15) is 9.59 Å². The fraction of sp³-hybridized carbons (Fsp3) is 0.167. The second-order valence-corrected chi connectivity index (χ2v) is 3.55. The molecule has 90 valence electrons. The number of likely N-dealkylation sites (N-methyl/N-ethyl adjacent to an activating group) is 1. The molecule has 0 saturated heterocycles. The van der Waals surface area contributed by atoms with Crippen molar-refractivity contribution in [3.05, 3.63) is 35.9 Å². The van der Waals surface area contributed by atoms with Crippen molar-refractivity contribution in [2.75, 3.05) is 18.5 Å². The van der Waals surface area contributed by atoms with E-state index in [0.717, 1.165) is 17.3 Å². The van der Waals surface area contributed by atoms with Crippen LogP contribution in [0.15, 0.2) is 30.3 Å². The van der Waals surface area contributed by atoms with Crippen molar-refractivity contribution < 1.29 is 14.7 Å². The van der Waals surface area contributed by atoms with Crippen LogP contribution in [-0.4, -0.2) is 30.6 Å². The first kappa shape index (κ1) is 12.8. The van der Waals surface area contributed by atoms with Gasteiger partial charge in [0.25, 0.3) is 0 Å². The van der Waals surface area contributed by atoms with E-state index >= 15 is 0 Å². The van der Waals surface area contributed by atoms with E-state index in [2.05, 4.69) is 0 Å². The molecule has 1 rings (SSSR count). The Morgan fingerprint density at radius 3 is 2.65 bits per heavy atom. The van der Waals surface area contributed by atoms with E-state index in [4.69, 9.17) is 10.8 Å². The van der Waals surface area contributed by atoms with E-state index in [0.29, 0.717) is 0 Å². The molecule has 0 fully saturated rings. The van der Waals surface area contributed by atoms with Gasteiger partial charge in [-0.25, -0.2) is 4.79 Å². The first-order valence-electron chi connectivity index (χ1n) is 5.00. The van der Waals surface area contributed by atoms with Crippen molar-refractivity contribution >= 4 is 23.6 Å². The first-order valence-corrected chi connectivity index (χ1v) is 5.00. The summed E-state index contributed by atoms with van der Waals surface area (Å²) in [6.07, 6.45) is 2.53. The fourth-order valence-corrected chi connectivity index (χ4v) is 1.46. The molecule has 1 aromatic carbocycles. The topological polar surface area (TPSA) is 83.6 Å². The third-order valence-corrected chi connectivity index (χ3v) is 2.15. The fourth-order valence-electron chi connectivity index (χ4n) is 1.46. The molecule has 1 aromatic rings. The summed E-state index contributed by atoms with van der Waals surface area (Å²) in [5.41, 5.74) is 6.58. The van der Waals surface area contributed by atoms with Crippen LogP contribution in [0.25, 0.3) is 6.08 Å². The van der Waals surface area contributed by atoms with Crippen LogP contribution in [-0.2, 0) is 9.59 Å². The van der Waals surface area contributed by atoms with Crippen LogP contribution < -0.4 is 10.6 Å². The number of nitrogens with two attached hydrogens (primary N) is 1. The number of anilines is 1. The van der Waals surface area contributed by atoms with Gasteiger partial charge in [0, 0.05) is 18.8 Å². The van der Waals surface area contributed by atoms with Crippen molar-refractivity contribution in [2.45, 2.75) is 0 Å². The van der Waals surface area contributed by atoms with Crippen LogP contribution in [0.1, 0.15) is 5.56 Å². The second-order valence-electron chi connectivity index (χ2n) is 3.55. The number of carboxylic acid groups (broad SMARTS) is 1. The zero-order chi connectivity index (χ0) is 12.8. The van der Waals surface area contributed by atoms with Crippen LogP contribution in [0.5, 0.6) is 0 Å². The minimum atomic E-state index is -1.02. The SMILES string of the molecule is CN(CC(N)=O)c1ccccc1/C=C/C(=O)O. The van der Waals surface area contributed by atoms with Crippen molar-refractivity contribution in [1.82, 2.24) is 0 Å². The zero-order valence-corrected chi connectivity index (χ0v) is 9.46. The molecule has 0 aromatic heterocycles. The summed E-state index contributed by atoms with van der Waals surface area (Å²) < 4.78 is 0. The van der Waals surface area contributed by atoms with Gasteiger partial charge in [0.1, 0.15) is 0 Å². The highest BCUT2D eigenvalue weighted by Gasteiger charge is 2.07. The lowest BCUT2D eigenvalue weighted by Gasteiger charge is -2.19. The Morgan fingerprint density at radius 1 is 1.41 bits per heavy atom. The summed E-state index contributed by atoms with van der Waals surface area (Å²) in [5, 5.41) is 8.58. The highest BCUT2D eigenvalue weighted by atomic mass is 16.4. The maximum Gasteiger partial charge on any atom is 0.328 e. The highest BCUT2D eigenvalue weighted by molar-refractivity contribution is 5.87. The van der Waals surface area contributed by atoms with Crippen molar-refractivity contribution in [3.8, 4) is 0 Å². The lowest BCUT2D eigenvalue weighted by molar-refractivity contribution is -0.131. The van der Waals surface area contributed by atoms with E-state index in [1.54, 1.807) is 30.1 Å². The molecule has 0 aliphatic carbocycles. The van der Waals surface area contributed by atoms with Crippen LogP contribution in [0, 0.1) is 0 Å². The molecule has 0 heterocycles. The molecule has 0 aliphatic rings. The molecule has 0 bridgehead atoms. The normalized spacial score (nSPS) is 10.4. The monoisotopic (exact) mass is 234 g/mol. The molecule has 0 saturated carbocycles. The van der Waals surface area contributed by atoms with Gasteiger partial charge in [0.15, 0.2) is 0 Å². The number of amides is 1. The lowest BCUT2D eigenvalue weighted by Crippen LogP contribution is -2.30. The van der Waals surface area contributed by atoms with Crippen molar-refractivity contribution in [2.24, 2.45) is 5.73 Å². The molecular formula is C12H14N2O3. The smallest absolute Gasteiger partial charge is 0.328 e. The molecule has 5 nitrogen and oxygen atoms in total. The van der Waals surface area contributed by atoms with E-state index in [-0.39, 0.29) is 6.54 Å².